The Morgan fingerprint density at radius 3 is 2.83 bits per heavy atom. The molecule has 0 saturated heterocycles. The lowest BCUT2D eigenvalue weighted by atomic mass is 9.75. The number of carbonyl (C=O) groups is 2. The fourth-order valence-electron chi connectivity index (χ4n) is 3.98. The molecule has 2 N–H and O–H groups in total. The van der Waals surface area contributed by atoms with Crippen molar-refractivity contribution in [2.24, 2.45) is 0 Å². The number of ketones is 1. The molecule has 6 nitrogen and oxygen atoms in total. The summed E-state index contributed by atoms with van der Waals surface area (Å²) in [6.07, 6.45) is 2.02. The van der Waals surface area contributed by atoms with E-state index in [1.165, 1.54) is 0 Å². The molecule has 0 spiro atoms. The summed E-state index contributed by atoms with van der Waals surface area (Å²) in [6.45, 7) is 6.46. The molecule has 30 heavy (non-hydrogen) atoms. The molecule has 0 radical (unpaired) electrons. The number of dihydropyridines is 1. The fraction of sp³-hybridized carbons (Fsp3) is 0.478. The molecule has 0 unspecified atom stereocenters. The van der Waals surface area contributed by atoms with Crippen molar-refractivity contribution in [2.45, 2.75) is 46.0 Å². The van der Waals surface area contributed by atoms with Gasteiger partial charge in [-0.2, -0.15) is 11.8 Å². The molecule has 1 atom stereocenters. The van der Waals surface area contributed by atoms with Gasteiger partial charge in [-0.05, 0) is 50.1 Å². The Morgan fingerprint density at radius 2 is 2.10 bits per heavy atom. The molecule has 0 fully saturated rings. The number of Topliss-reactive ketones (excluding diaryl/α,β-unsaturated/α-hetero) is 1. The van der Waals surface area contributed by atoms with Gasteiger partial charge in [0.15, 0.2) is 17.3 Å². The third kappa shape index (κ3) is 4.67. The van der Waals surface area contributed by atoms with Crippen LogP contribution >= 0.6 is 11.8 Å². The summed E-state index contributed by atoms with van der Waals surface area (Å²) < 4.78 is 11.1. The van der Waals surface area contributed by atoms with Crippen molar-refractivity contribution in [3.8, 4) is 11.5 Å². The first-order valence-electron chi connectivity index (χ1n) is 10.4. The number of allylic oxidation sites excluding steroid dienone is 3. The van der Waals surface area contributed by atoms with Crippen LogP contribution in [0.3, 0.4) is 0 Å². The van der Waals surface area contributed by atoms with Crippen LogP contribution in [0.1, 0.15) is 51.5 Å². The van der Waals surface area contributed by atoms with Gasteiger partial charge in [-0.3, -0.25) is 4.79 Å². The lowest BCUT2D eigenvalue weighted by Crippen LogP contribution is -2.34. The summed E-state index contributed by atoms with van der Waals surface area (Å²) in [5.41, 5.74) is 3.37. The van der Waals surface area contributed by atoms with E-state index in [9.17, 15) is 14.7 Å². The number of benzene rings is 1. The van der Waals surface area contributed by atoms with Crippen LogP contribution in [0.15, 0.2) is 40.7 Å². The number of carbonyl (C=O) groups excluding carboxylic acids is 2. The summed E-state index contributed by atoms with van der Waals surface area (Å²) in [5.74, 6) is 1.13. The van der Waals surface area contributed by atoms with E-state index in [0.29, 0.717) is 42.2 Å². The van der Waals surface area contributed by atoms with Crippen molar-refractivity contribution in [3.05, 3.63) is 46.3 Å². The van der Waals surface area contributed by atoms with E-state index in [1.54, 1.807) is 30.0 Å². The van der Waals surface area contributed by atoms with Gasteiger partial charge in [0, 0.05) is 35.1 Å². The highest BCUT2D eigenvalue weighted by Gasteiger charge is 2.39. The number of esters is 1. The standard InChI is InChI=1S/C23H29NO5S/c1-4-28-19-13-15(9-10-17(19)25)21-20(23(27)29-11-12-30-5-2)14(3)24-16-7-6-8-18(26)22(16)21/h9-10,13,21,24-25H,4-8,11-12H2,1-3H3/t21-/m1/s1. The summed E-state index contributed by atoms with van der Waals surface area (Å²) in [5, 5.41) is 13.4. The van der Waals surface area contributed by atoms with Gasteiger partial charge < -0.3 is 19.9 Å². The van der Waals surface area contributed by atoms with Crippen molar-refractivity contribution >= 4 is 23.5 Å². The molecule has 0 saturated carbocycles. The average molecular weight is 432 g/mol. The first-order valence-corrected chi connectivity index (χ1v) is 11.6. The number of rotatable bonds is 8. The predicted molar refractivity (Wildman–Crippen MR) is 118 cm³/mol. The number of ether oxygens (including phenoxy) is 2. The maximum absolute atomic E-state index is 13.1. The number of hydrogen-bond acceptors (Lipinski definition) is 7. The van der Waals surface area contributed by atoms with Gasteiger partial charge in [-0.15, -0.1) is 0 Å². The molecule has 162 valence electrons. The van der Waals surface area contributed by atoms with Gasteiger partial charge in [0.2, 0.25) is 0 Å². The lowest BCUT2D eigenvalue weighted by Gasteiger charge is -2.34. The summed E-state index contributed by atoms with van der Waals surface area (Å²) in [7, 11) is 0. The Hall–Kier alpha value is -2.41. The van der Waals surface area contributed by atoms with E-state index in [2.05, 4.69) is 12.2 Å². The SMILES string of the molecule is CCOc1cc([C@@H]2C(C(=O)OCCSCC)=C(C)NC3=C2C(=O)CCC3)ccc1O. The van der Waals surface area contributed by atoms with Crippen LogP contribution < -0.4 is 10.1 Å². The maximum atomic E-state index is 13.1. The number of phenols is 1. The second kappa shape index (κ2) is 10.1. The maximum Gasteiger partial charge on any atom is 0.336 e. The number of phenolic OH excluding ortho intramolecular Hbond substituents is 1. The van der Waals surface area contributed by atoms with E-state index in [4.69, 9.17) is 9.47 Å². The van der Waals surface area contributed by atoms with E-state index in [-0.39, 0.29) is 11.5 Å². The van der Waals surface area contributed by atoms with Gasteiger partial charge in [0.1, 0.15) is 6.61 Å². The number of hydrogen-bond donors (Lipinski definition) is 2. The zero-order valence-corrected chi connectivity index (χ0v) is 18.6. The second-order valence-electron chi connectivity index (χ2n) is 7.26. The summed E-state index contributed by atoms with van der Waals surface area (Å²) >= 11 is 1.71. The van der Waals surface area contributed by atoms with Gasteiger partial charge in [-0.25, -0.2) is 4.79 Å². The minimum atomic E-state index is -0.541. The van der Waals surface area contributed by atoms with Crippen LogP contribution in [0.25, 0.3) is 0 Å². The van der Waals surface area contributed by atoms with Crippen molar-refractivity contribution in [2.75, 3.05) is 24.7 Å². The predicted octanol–water partition coefficient (Wildman–Crippen LogP) is 4.06. The minimum absolute atomic E-state index is 0.0279. The quantitative estimate of drug-likeness (QED) is 0.474. The van der Waals surface area contributed by atoms with Crippen LogP contribution in [0, 0.1) is 0 Å². The molecule has 1 aromatic carbocycles. The van der Waals surface area contributed by atoms with Crippen molar-refractivity contribution in [1.82, 2.24) is 5.32 Å². The highest BCUT2D eigenvalue weighted by Crippen LogP contribution is 2.44. The third-order valence-electron chi connectivity index (χ3n) is 5.28. The lowest BCUT2D eigenvalue weighted by molar-refractivity contribution is -0.138. The molecule has 1 aliphatic carbocycles. The normalized spacial score (nSPS) is 18.8. The molecule has 0 aromatic heterocycles. The molecular formula is C23H29NO5S. The van der Waals surface area contributed by atoms with Gasteiger partial charge in [0.25, 0.3) is 0 Å². The Labute approximate surface area is 181 Å². The number of aromatic hydroxyl groups is 1. The molecule has 1 heterocycles. The Bertz CT molecular complexity index is 890. The molecule has 0 bridgehead atoms. The smallest absolute Gasteiger partial charge is 0.336 e. The summed E-state index contributed by atoms with van der Waals surface area (Å²) in [4.78, 5) is 26.0. The fourth-order valence-corrected chi connectivity index (χ4v) is 4.47. The third-order valence-corrected chi connectivity index (χ3v) is 6.14. The van der Waals surface area contributed by atoms with Crippen LogP contribution in [-0.2, 0) is 14.3 Å². The highest BCUT2D eigenvalue weighted by molar-refractivity contribution is 7.99. The Balaban J connectivity index is 2.03. The Kier molecular flexibility index (Phi) is 7.48. The van der Waals surface area contributed by atoms with Crippen LogP contribution in [-0.4, -0.2) is 41.6 Å². The molecule has 3 rings (SSSR count). The van der Waals surface area contributed by atoms with Crippen LogP contribution in [0.5, 0.6) is 11.5 Å². The van der Waals surface area contributed by atoms with Crippen molar-refractivity contribution in [1.29, 1.82) is 0 Å². The van der Waals surface area contributed by atoms with Gasteiger partial charge in [-0.1, -0.05) is 13.0 Å². The Morgan fingerprint density at radius 1 is 1.30 bits per heavy atom. The van der Waals surface area contributed by atoms with Crippen LogP contribution in [0.4, 0.5) is 0 Å². The van der Waals surface area contributed by atoms with Gasteiger partial charge >= 0.3 is 5.97 Å². The van der Waals surface area contributed by atoms with Crippen molar-refractivity contribution < 1.29 is 24.2 Å². The van der Waals surface area contributed by atoms with E-state index >= 15 is 0 Å². The summed E-state index contributed by atoms with van der Waals surface area (Å²) in [6, 6.07) is 5.01. The number of thioether (sulfide) groups is 1. The second-order valence-corrected chi connectivity index (χ2v) is 8.65. The number of nitrogens with one attached hydrogen (secondary N) is 1. The van der Waals surface area contributed by atoms with Gasteiger partial charge in [0.05, 0.1) is 12.2 Å². The monoisotopic (exact) mass is 431 g/mol. The van der Waals surface area contributed by atoms with E-state index in [1.807, 2.05) is 13.8 Å². The topological polar surface area (TPSA) is 84.9 Å². The molecule has 7 heteroatoms. The van der Waals surface area contributed by atoms with Crippen molar-refractivity contribution in [3.63, 3.8) is 0 Å². The molecular weight excluding hydrogens is 402 g/mol. The average Bonchev–Trinajstić information content (AvgIpc) is 2.72. The molecule has 1 aliphatic heterocycles. The first kappa shape index (κ1) is 22.3. The minimum Gasteiger partial charge on any atom is -0.504 e. The molecule has 1 aromatic rings. The largest absolute Gasteiger partial charge is 0.504 e. The zero-order chi connectivity index (χ0) is 21.7. The molecule has 0 amide bonds. The highest BCUT2D eigenvalue weighted by atomic mass is 32.2. The van der Waals surface area contributed by atoms with E-state index < -0.39 is 11.9 Å². The van der Waals surface area contributed by atoms with Crippen LogP contribution in [0.2, 0.25) is 0 Å². The zero-order valence-electron chi connectivity index (χ0n) is 17.7. The molecule has 2 aliphatic rings. The first-order chi connectivity index (χ1) is 14.5. The van der Waals surface area contributed by atoms with E-state index in [0.717, 1.165) is 35.6 Å².